The molecule has 134 valence electrons. The van der Waals surface area contributed by atoms with Gasteiger partial charge in [-0.15, -0.1) is 0 Å². The van der Waals surface area contributed by atoms with Gasteiger partial charge < -0.3 is 4.74 Å². The van der Waals surface area contributed by atoms with Crippen molar-refractivity contribution in [2.75, 3.05) is 6.61 Å². The van der Waals surface area contributed by atoms with Crippen molar-refractivity contribution >= 4 is 17.6 Å². The monoisotopic (exact) mass is 338 g/mol. The SMILES string of the molecule is CCOC(=O)/C=C(/C)c1ccc(/C=C/C=C(\C)CCC=C(C)C)cc1. The Bertz CT molecular complexity index is 667. The summed E-state index contributed by atoms with van der Waals surface area (Å²) >= 11 is 0. The van der Waals surface area contributed by atoms with E-state index in [9.17, 15) is 4.79 Å². The molecule has 0 saturated carbocycles. The number of carbonyl (C=O) groups excluding carboxylic acids is 1. The van der Waals surface area contributed by atoms with Crippen molar-refractivity contribution < 1.29 is 9.53 Å². The molecular weight excluding hydrogens is 308 g/mol. The van der Waals surface area contributed by atoms with Crippen LogP contribution < -0.4 is 0 Å². The zero-order valence-electron chi connectivity index (χ0n) is 16.1. The molecule has 2 heteroatoms. The minimum atomic E-state index is -0.294. The van der Waals surface area contributed by atoms with Crippen LogP contribution in [-0.2, 0) is 9.53 Å². The molecule has 0 radical (unpaired) electrons. The number of benzene rings is 1. The van der Waals surface area contributed by atoms with Gasteiger partial charge in [0.15, 0.2) is 0 Å². The molecule has 0 amide bonds. The van der Waals surface area contributed by atoms with Crippen LogP contribution in [0.2, 0.25) is 0 Å². The van der Waals surface area contributed by atoms with E-state index in [4.69, 9.17) is 4.74 Å². The van der Waals surface area contributed by atoms with E-state index >= 15 is 0 Å². The molecule has 1 aromatic carbocycles. The van der Waals surface area contributed by atoms with Crippen LogP contribution in [0, 0.1) is 0 Å². The molecule has 0 fully saturated rings. The zero-order chi connectivity index (χ0) is 18.7. The second-order valence-corrected chi connectivity index (χ2v) is 6.39. The summed E-state index contributed by atoms with van der Waals surface area (Å²) in [6.45, 7) is 10.5. The molecule has 0 aliphatic rings. The normalized spacial score (nSPS) is 12.4. The fourth-order valence-electron chi connectivity index (χ4n) is 2.30. The largest absolute Gasteiger partial charge is 0.463 e. The molecule has 0 N–H and O–H groups in total. The smallest absolute Gasteiger partial charge is 0.331 e. The van der Waals surface area contributed by atoms with Gasteiger partial charge in [0.05, 0.1) is 6.61 Å². The molecule has 1 aromatic rings. The lowest BCUT2D eigenvalue weighted by molar-refractivity contribution is -0.137. The molecule has 0 bridgehead atoms. The minimum absolute atomic E-state index is 0.294. The number of esters is 1. The third-order valence-electron chi connectivity index (χ3n) is 3.75. The Morgan fingerprint density at radius 1 is 1.08 bits per heavy atom. The maximum atomic E-state index is 11.5. The van der Waals surface area contributed by atoms with E-state index in [0.717, 1.165) is 29.5 Å². The first kappa shape index (κ1) is 20.7. The maximum Gasteiger partial charge on any atom is 0.331 e. The lowest BCUT2D eigenvalue weighted by Crippen LogP contribution is -2.00. The van der Waals surface area contributed by atoms with Crippen molar-refractivity contribution in [3.8, 4) is 0 Å². The van der Waals surface area contributed by atoms with E-state index in [1.807, 2.05) is 19.1 Å². The molecule has 0 aliphatic heterocycles. The summed E-state index contributed by atoms with van der Waals surface area (Å²) in [7, 11) is 0. The molecular formula is C23H30O2. The van der Waals surface area contributed by atoms with E-state index in [0.29, 0.717) is 6.61 Å². The molecule has 0 heterocycles. The first-order valence-corrected chi connectivity index (χ1v) is 8.85. The highest BCUT2D eigenvalue weighted by Gasteiger charge is 2.00. The fourth-order valence-corrected chi connectivity index (χ4v) is 2.30. The molecule has 25 heavy (non-hydrogen) atoms. The number of hydrogen-bond donors (Lipinski definition) is 0. The molecule has 2 nitrogen and oxygen atoms in total. The second kappa shape index (κ2) is 11.2. The van der Waals surface area contributed by atoms with Crippen LogP contribution in [0.1, 0.15) is 58.6 Å². The van der Waals surface area contributed by atoms with Gasteiger partial charge in [0.25, 0.3) is 0 Å². The minimum Gasteiger partial charge on any atom is -0.463 e. The van der Waals surface area contributed by atoms with Crippen LogP contribution in [0.3, 0.4) is 0 Å². The first-order valence-electron chi connectivity index (χ1n) is 8.85. The predicted molar refractivity (Wildman–Crippen MR) is 108 cm³/mol. The van der Waals surface area contributed by atoms with Crippen molar-refractivity contribution in [1.29, 1.82) is 0 Å². The standard InChI is InChI=1S/C23H30O2/c1-6-25-23(24)17-20(5)22-15-13-21(14-16-22)12-8-11-19(4)10-7-9-18(2)3/h8-9,11-17H,6-7,10H2,1-5H3/b12-8+,19-11+,20-17-. The summed E-state index contributed by atoms with van der Waals surface area (Å²) in [5.41, 5.74) is 5.82. The maximum absolute atomic E-state index is 11.5. The van der Waals surface area contributed by atoms with Crippen LogP contribution in [0.25, 0.3) is 11.6 Å². The van der Waals surface area contributed by atoms with Crippen molar-refractivity contribution in [3.63, 3.8) is 0 Å². The number of hydrogen-bond acceptors (Lipinski definition) is 2. The Morgan fingerprint density at radius 3 is 2.36 bits per heavy atom. The Morgan fingerprint density at radius 2 is 1.76 bits per heavy atom. The summed E-state index contributed by atoms with van der Waals surface area (Å²) in [6, 6.07) is 8.16. The van der Waals surface area contributed by atoms with Gasteiger partial charge in [0.1, 0.15) is 0 Å². The van der Waals surface area contributed by atoms with Gasteiger partial charge in [-0.2, -0.15) is 0 Å². The average molecular weight is 338 g/mol. The molecule has 0 aromatic heterocycles. The van der Waals surface area contributed by atoms with Crippen molar-refractivity contribution in [2.24, 2.45) is 0 Å². The van der Waals surface area contributed by atoms with Crippen LogP contribution in [0.5, 0.6) is 0 Å². The molecule has 0 saturated heterocycles. The van der Waals surface area contributed by atoms with Crippen LogP contribution >= 0.6 is 0 Å². The topological polar surface area (TPSA) is 26.3 Å². The summed E-state index contributed by atoms with van der Waals surface area (Å²) in [5, 5.41) is 0. The number of carbonyl (C=O) groups is 1. The molecule has 0 unspecified atom stereocenters. The third-order valence-corrected chi connectivity index (χ3v) is 3.75. The number of ether oxygens (including phenoxy) is 1. The molecule has 0 aliphatic carbocycles. The van der Waals surface area contributed by atoms with E-state index in [2.05, 4.69) is 57.2 Å². The summed E-state index contributed by atoms with van der Waals surface area (Å²) < 4.78 is 4.94. The summed E-state index contributed by atoms with van der Waals surface area (Å²) in [4.78, 5) is 11.5. The van der Waals surface area contributed by atoms with Gasteiger partial charge in [-0.1, -0.05) is 59.7 Å². The highest BCUT2D eigenvalue weighted by molar-refractivity contribution is 5.90. The average Bonchev–Trinajstić information content (AvgIpc) is 2.55. The second-order valence-electron chi connectivity index (χ2n) is 6.39. The predicted octanol–water partition coefficient (Wildman–Crippen LogP) is 6.36. The number of allylic oxidation sites excluding steroid dienone is 6. The molecule has 0 atom stereocenters. The van der Waals surface area contributed by atoms with E-state index in [1.54, 1.807) is 6.92 Å². The van der Waals surface area contributed by atoms with Crippen molar-refractivity contribution in [2.45, 2.75) is 47.5 Å². The van der Waals surface area contributed by atoms with Crippen LogP contribution in [0.15, 0.2) is 59.7 Å². The summed E-state index contributed by atoms with van der Waals surface area (Å²) in [6.07, 6.45) is 12.3. The Balaban J connectivity index is 2.64. The highest BCUT2D eigenvalue weighted by atomic mass is 16.5. The lowest BCUT2D eigenvalue weighted by Gasteiger charge is -2.03. The molecule has 0 spiro atoms. The van der Waals surface area contributed by atoms with Crippen molar-refractivity contribution in [3.05, 3.63) is 70.8 Å². The van der Waals surface area contributed by atoms with Gasteiger partial charge in [0, 0.05) is 6.08 Å². The Hall–Kier alpha value is -2.35. The van der Waals surface area contributed by atoms with Gasteiger partial charge in [-0.25, -0.2) is 4.79 Å². The third kappa shape index (κ3) is 8.90. The Labute approximate surface area is 152 Å². The Kier molecular flexibility index (Phi) is 9.31. The van der Waals surface area contributed by atoms with Gasteiger partial charge in [0.2, 0.25) is 0 Å². The number of rotatable bonds is 8. The fraction of sp³-hybridized carbons (Fsp3) is 0.348. The van der Waals surface area contributed by atoms with E-state index in [-0.39, 0.29) is 5.97 Å². The van der Waals surface area contributed by atoms with E-state index < -0.39 is 0 Å². The van der Waals surface area contributed by atoms with Crippen LogP contribution in [0.4, 0.5) is 0 Å². The lowest BCUT2D eigenvalue weighted by atomic mass is 10.0. The highest BCUT2D eigenvalue weighted by Crippen LogP contribution is 2.16. The van der Waals surface area contributed by atoms with Gasteiger partial charge >= 0.3 is 5.97 Å². The van der Waals surface area contributed by atoms with Gasteiger partial charge in [-0.05, 0) is 64.2 Å². The summed E-state index contributed by atoms with van der Waals surface area (Å²) in [5.74, 6) is -0.294. The van der Waals surface area contributed by atoms with E-state index in [1.165, 1.54) is 17.2 Å². The van der Waals surface area contributed by atoms with Crippen molar-refractivity contribution in [1.82, 2.24) is 0 Å². The zero-order valence-corrected chi connectivity index (χ0v) is 16.1. The molecule has 1 rings (SSSR count). The quantitative estimate of drug-likeness (QED) is 0.239. The van der Waals surface area contributed by atoms with Gasteiger partial charge in [-0.3, -0.25) is 0 Å². The van der Waals surface area contributed by atoms with Crippen LogP contribution in [-0.4, -0.2) is 12.6 Å². The first-order chi connectivity index (χ1) is 11.9.